The summed E-state index contributed by atoms with van der Waals surface area (Å²) in [6, 6.07) is 13.3. The number of carbonyl (C=O) groups is 3. The summed E-state index contributed by atoms with van der Waals surface area (Å²) in [7, 11) is 0. The van der Waals surface area contributed by atoms with Gasteiger partial charge in [0.15, 0.2) is 0 Å². The Labute approximate surface area is 168 Å². The Morgan fingerprint density at radius 3 is 2.52 bits per heavy atom. The summed E-state index contributed by atoms with van der Waals surface area (Å²) in [5.41, 5.74) is 7.21. The molecule has 0 aliphatic carbocycles. The number of hydrogen-bond donors (Lipinski definition) is 4. The summed E-state index contributed by atoms with van der Waals surface area (Å²) in [6.45, 7) is 1.21. The average Bonchev–Trinajstić information content (AvgIpc) is 3.25. The minimum Gasteiger partial charge on any atom is -0.376 e. The molecule has 0 radical (unpaired) electrons. The van der Waals surface area contributed by atoms with Gasteiger partial charge in [-0.25, -0.2) is 0 Å². The largest absolute Gasteiger partial charge is 0.376 e. The lowest BCUT2D eigenvalue weighted by Gasteiger charge is -2.12. The third-order valence-corrected chi connectivity index (χ3v) is 4.58. The van der Waals surface area contributed by atoms with Crippen molar-refractivity contribution in [2.45, 2.75) is 18.9 Å². The van der Waals surface area contributed by atoms with Gasteiger partial charge in [0.2, 0.25) is 5.91 Å². The number of hydrogen-bond acceptors (Lipinski definition) is 5. The van der Waals surface area contributed by atoms with E-state index in [4.69, 9.17) is 10.5 Å². The molecule has 1 fully saturated rings. The molecule has 1 aliphatic heterocycles. The van der Waals surface area contributed by atoms with E-state index in [9.17, 15) is 14.4 Å². The topological polar surface area (TPSA) is 123 Å². The third kappa shape index (κ3) is 5.79. The number of rotatable bonds is 8. The van der Waals surface area contributed by atoms with Crippen molar-refractivity contribution in [2.24, 2.45) is 5.73 Å². The predicted molar refractivity (Wildman–Crippen MR) is 110 cm³/mol. The maximum absolute atomic E-state index is 12.2. The van der Waals surface area contributed by atoms with Gasteiger partial charge in [0.25, 0.3) is 11.8 Å². The fourth-order valence-electron chi connectivity index (χ4n) is 3.05. The quantitative estimate of drug-likeness (QED) is 0.541. The molecule has 3 rings (SSSR count). The molecule has 0 bridgehead atoms. The number of nitrogens with one attached hydrogen (secondary N) is 3. The average molecular weight is 396 g/mol. The first-order chi connectivity index (χ1) is 14.0. The molecule has 2 aromatic rings. The fraction of sp³-hybridized carbons (Fsp3) is 0.286. The molecular weight excluding hydrogens is 372 g/mol. The van der Waals surface area contributed by atoms with E-state index in [-0.39, 0.29) is 24.5 Å². The number of para-hydroxylation sites is 1. The Bertz CT molecular complexity index is 877. The molecule has 0 aromatic heterocycles. The lowest BCUT2D eigenvalue weighted by molar-refractivity contribution is -0.114. The van der Waals surface area contributed by atoms with Gasteiger partial charge in [0.05, 0.1) is 18.2 Å². The van der Waals surface area contributed by atoms with E-state index in [1.54, 1.807) is 48.5 Å². The second kappa shape index (κ2) is 9.70. The third-order valence-electron chi connectivity index (χ3n) is 4.58. The highest BCUT2D eigenvalue weighted by Crippen LogP contribution is 2.15. The van der Waals surface area contributed by atoms with E-state index < -0.39 is 5.91 Å². The van der Waals surface area contributed by atoms with Crippen LogP contribution in [0.4, 0.5) is 11.4 Å². The van der Waals surface area contributed by atoms with E-state index in [2.05, 4.69) is 16.0 Å². The van der Waals surface area contributed by atoms with Crippen LogP contribution in [0, 0.1) is 0 Å². The Balaban J connectivity index is 1.48. The smallest absolute Gasteiger partial charge is 0.251 e. The van der Waals surface area contributed by atoms with Crippen molar-refractivity contribution in [1.29, 1.82) is 0 Å². The zero-order valence-electron chi connectivity index (χ0n) is 15.9. The van der Waals surface area contributed by atoms with Crippen LogP contribution in [0.25, 0.3) is 0 Å². The molecule has 1 aliphatic rings. The van der Waals surface area contributed by atoms with Crippen molar-refractivity contribution >= 4 is 29.1 Å². The predicted octanol–water partition coefficient (Wildman–Crippen LogP) is 1.74. The minimum absolute atomic E-state index is 0.0338. The summed E-state index contributed by atoms with van der Waals surface area (Å²) < 4.78 is 5.48. The number of ether oxygens (including phenoxy) is 1. The normalized spacial score (nSPS) is 15.5. The Kier molecular flexibility index (Phi) is 6.80. The van der Waals surface area contributed by atoms with Crippen molar-refractivity contribution in [3.8, 4) is 0 Å². The van der Waals surface area contributed by atoms with Gasteiger partial charge in [0.1, 0.15) is 0 Å². The first-order valence-corrected chi connectivity index (χ1v) is 9.45. The second-order valence-electron chi connectivity index (χ2n) is 6.73. The molecule has 152 valence electrons. The van der Waals surface area contributed by atoms with Gasteiger partial charge < -0.3 is 26.4 Å². The fourth-order valence-corrected chi connectivity index (χ4v) is 3.05. The van der Waals surface area contributed by atoms with Gasteiger partial charge in [-0.2, -0.15) is 0 Å². The van der Waals surface area contributed by atoms with Crippen LogP contribution in [-0.2, 0) is 9.53 Å². The summed E-state index contributed by atoms with van der Waals surface area (Å²) in [6.07, 6.45) is 2.07. The zero-order valence-corrected chi connectivity index (χ0v) is 15.9. The van der Waals surface area contributed by atoms with Crippen LogP contribution >= 0.6 is 0 Å². The lowest BCUT2D eigenvalue weighted by atomic mass is 10.1. The minimum atomic E-state index is -0.568. The molecule has 8 nitrogen and oxygen atoms in total. The molecule has 8 heteroatoms. The highest BCUT2D eigenvalue weighted by atomic mass is 16.5. The Hall–Kier alpha value is -3.39. The van der Waals surface area contributed by atoms with E-state index >= 15 is 0 Å². The summed E-state index contributed by atoms with van der Waals surface area (Å²) >= 11 is 0. The van der Waals surface area contributed by atoms with Crippen LogP contribution in [-0.4, -0.2) is 43.5 Å². The summed E-state index contributed by atoms with van der Waals surface area (Å²) in [4.78, 5) is 35.7. The molecule has 0 saturated carbocycles. The number of primary amides is 1. The van der Waals surface area contributed by atoms with Crippen LogP contribution in [0.2, 0.25) is 0 Å². The zero-order chi connectivity index (χ0) is 20.6. The lowest BCUT2D eigenvalue weighted by Crippen LogP contribution is -2.31. The van der Waals surface area contributed by atoms with Gasteiger partial charge in [-0.15, -0.1) is 0 Å². The SMILES string of the molecule is NC(=O)c1ccccc1NCC(=O)Nc1ccc(C(=O)NCC2CCCO2)cc1. The van der Waals surface area contributed by atoms with E-state index in [1.807, 2.05) is 0 Å². The van der Waals surface area contributed by atoms with Crippen LogP contribution in [0.3, 0.4) is 0 Å². The number of nitrogens with two attached hydrogens (primary N) is 1. The van der Waals surface area contributed by atoms with E-state index in [0.717, 1.165) is 19.4 Å². The van der Waals surface area contributed by atoms with E-state index in [0.29, 0.717) is 29.0 Å². The van der Waals surface area contributed by atoms with Crippen LogP contribution in [0.5, 0.6) is 0 Å². The molecule has 29 heavy (non-hydrogen) atoms. The molecule has 1 saturated heterocycles. The first kappa shape index (κ1) is 20.3. The molecule has 1 heterocycles. The summed E-state index contributed by atoms with van der Waals surface area (Å²) in [5, 5.41) is 8.49. The molecule has 5 N–H and O–H groups in total. The molecule has 1 atom stereocenters. The molecule has 2 aromatic carbocycles. The highest BCUT2D eigenvalue weighted by molar-refractivity contribution is 6.00. The summed E-state index contributed by atoms with van der Waals surface area (Å²) in [5.74, 6) is -1.04. The molecular formula is C21H24N4O4. The van der Waals surface area contributed by atoms with Crippen molar-refractivity contribution in [3.63, 3.8) is 0 Å². The van der Waals surface area contributed by atoms with Gasteiger partial charge >= 0.3 is 0 Å². The second-order valence-corrected chi connectivity index (χ2v) is 6.73. The van der Waals surface area contributed by atoms with Gasteiger partial charge in [-0.3, -0.25) is 14.4 Å². The number of anilines is 2. The molecule has 3 amide bonds. The van der Waals surface area contributed by atoms with Crippen LogP contribution < -0.4 is 21.7 Å². The number of carbonyl (C=O) groups excluding carboxylic acids is 3. The first-order valence-electron chi connectivity index (χ1n) is 9.45. The molecule has 1 unspecified atom stereocenters. The maximum Gasteiger partial charge on any atom is 0.251 e. The van der Waals surface area contributed by atoms with Gasteiger partial charge in [-0.1, -0.05) is 12.1 Å². The maximum atomic E-state index is 12.2. The molecule has 0 spiro atoms. The standard InChI is InChI=1S/C21H24N4O4/c22-20(27)17-5-1-2-6-18(17)23-13-19(26)25-15-9-7-14(8-10-15)21(28)24-12-16-4-3-11-29-16/h1-2,5-10,16,23H,3-4,11-13H2,(H2,22,27)(H,24,28)(H,25,26). The van der Waals surface area contributed by atoms with Gasteiger partial charge in [-0.05, 0) is 49.2 Å². The Morgan fingerprint density at radius 2 is 1.83 bits per heavy atom. The number of amides is 3. The van der Waals surface area contributed by atoms with Crippen LogP contribution in [0.1, 0.15) is 33.6 Å². The number of benzene rings is 2. The van der Waals surface area contributed by atoms with Crippen molar-refractivity contribution in [3.05, 3.63) is 59.7 Å². The van der Waals surface area contributed by atoms with Crippen molar-refractivity contribution in [1.82, 2.24) is 5.32 Å². The monoisotopic (exact) mass is 396 g/mol. The van der Waals surface area contributed by atoms with Crippen LogP contribution in [0.15, 0.2) is 48.5 Å². The Morgan fingerprint density at radius 1 is 1.07 bits per heavy atom. The van der Waals surface area contributed by atoms with Crippen molar-refractivity contribution < 1.29 is 19.1 Å². The van der Waals surface area contributed by atoms with Crippen molar-refractivity contribution in [2.75, 3.05) is 30.3 Å². The van der Waals surface area contributed by atoms with Gasteiger partial charge in [0, 0.05) is 30.1 Å². The highest BCUT2D eigenvalue weighted by Gasteiger charge is 2.16. The van der Waals surface area contributed by atoms with E-state index in [1.165, 1.54) is 0 Å².